The second kappa shape index (κ2) is 7.54. The van der Waals surface area contributed by atoms with E-state index in [1.54, 1.807) is 20.8 Å². The first-order valence-electron chi connectivity index (χ1n) is 7.47. The molecule has 0 radical (unpaired) electrons. The lowest BCUT2D eigenvalue weighted by Crippen LogP contribution is -2.36. The van der Waals surface area contributed by atoms with Crippen LogP contribution < -0.4 is 10.6 Å². The summed E-state index contributed by atoms with van der Waals surface area (Å²) in [5.41, 5.74) is -0.509. The second-order valence-corrected chi connectivity index (χ2v) is 6.50. The predicted octanol–water partition coefficient (Wildman–Crippen LogP) is 1.43. The summed E-state index contributed by atoms with van der Waals surface area (Å²) in [5, 5.41) is 5.60. The molecular formula is C15H26N2O4. The monoisotopic (exact) mass is 298 g/mol. The largest absolute Gasteiger partial charge is 0.444 e. The zero-order valence-electron chi connectivity index (χ0n) is 13.3. The Morgan fingerprint density at radius 3 is 2.52 bits per heavy atom. The molecule has 0 bridgehead atoms. The average Bonchev–Trinajstić information content (AvgIpc) is 2.67. The molecule has 1 heterocycles. The Bertz CT molecular complexity index is 401. The van der Waals surface area contributed by atoms with Gasteiger partial charge in [-0.25, -0.2) is 4.79 Å². The number of hydrogen-bond donors (Lipinski definition) is 2. The number of carbonyl (C=O) groups excluding carboxylic acids is 3. The van der Waals surface area contributed by atoms with Crippen molar-refractivity contribution in [3.05, 3.63) is 0 Å². The molecule has 0 aliphatic carbocycles. The highest BCUT2D eigenvalue weighted by molar-refractivity contribution is 6.08. The first kappa shape index (κ1) is 17.6. The third-order valence-electron chi connectivity index (χ3n) is 3.24. The fourth-order valence-electron chi connectivity index (χ4n) is 2.13. The number of unbranched alkanes of at least 4 members (excludes halogenated alkanes) is 1. The zero-order valence-corrected chi connectivity index (χ0v) is 13.3. The van der Waals surface area contributed by atoms with E-state index in [9.17, 15) is 14.4 Å². The fourth-order valence-corrected chi connectivity index (χ4v) is 2.13. The van der Waals surface area contributed by atoms with Gasteiger partial charge >= 0.3 is 6.09 Å². The predicted molar refractivity (Wildman–Crippen MR) is 79.1 cm³/mol. The van der Waals surface area contributed by atoms with Gasteiger partial charge in [0.2, 0.25) is 0 Å². The van der Waals surface area contributed by atoms with Crippen LogP contribution in [0.5, 0.6) is 0 Å². The molecule has 1 amide bonds. The van der Waals surface area contributed by atoms with Crippen molar-refractivity contribution in [3.8, 4) is 0 Å². The van der Waals surface area contributed by atoms with Crippen LogP contribution in [0.15, 0.2) is 0 Å². The van der Waals surface area contributed by atoms with E-state index in [4.69, 9.17) is 4.74 Å². The number of rotatable bonds is 6. The van der Waals surface area contributed by atoms with Crippen LogP contribution in [-0.4, -0.2) is 42.4 Å². The molecule has 120 valence electrons. The van der Waals surface area contributed by atoms with Gasteiger partial charge in [-0.2, -0.15) is 0 Å². The van der Waals surface area contributed by atoms with Crippen LogP contribution >= 0.6 is 0 Å². The van der Waals surface area contributed by atoms with Crippen molar-refractivity contribution < 1.29 is 19.1 Å². The molecule has 2 N–H and O–H groups in total. The molecule has 0 aromatic heterocycles. The highest BCUT2D eigenvalue weighted by atomic mass is 16.6. The molecule has 6 heteroatoms. The van der Waals surface area contributed by atoms with Gasteiger partial charge in [0.25, 0.3) is 0 Å². The van der Waals surface area contributed by atoms with Crippen LogP contribution in [0.2, 0.25) is 0 Å². The van der Waals surface area contributed by atoms with Crippen molar-refractivity contribution in [1.29, 1.82) is 0 Å². The summed E-state index contributed by atoms with van der Waals surface area (Å²) in [6.07, 6.45) is 1.23. The van der Waals surface area contributed by atoms with E-state index in [-0.39, 0.29) is 17.5 Å². The lowest BCUT2D eigenvalue weighted by atomic mass is 10.00. The van der Waals surface area contributed by atoms with Gasteiger partial charge in [0.05, 0.1) is 0 Å². The van der Waals surface area contributed by atoms with Gasteiger partial charge < -0.3 is 15.4 Å². The van der Waals surface area contributed by atoms with Crippen LogP contribution in [0.3, 0.4) is 0 Å². The van der Waals surface area contributed by atoms with Crippen molar-refractivity contribution in [3.63, 3.8) is 0 Å². The maximum Gasteiger partial charge on any atom is 0.407 e. The fraction of sp³-hybridized carbons (Fsp3) is 0.800. The number of ketones is 2. The lowest BCUT2D eigenvalue weighted by molar-refractivity contribution is -0.129. The summed E-state index contributed by atoms with van der Waals surface area (Å²) in [4.78, 5) is 35.0. The third kappa shape index (κ3) is 6.25. The van der Waals surface area contributed by atoms with Gasteiger partial charge in [0, 0.05) is 25.4 Å². The number of alkyl carbamates (subject to hydrolysis) is 1. The Labute approximate surface area is 126 Å². The SMILES string of the molecule is CC1CN[C@@H](C(=O)CCCCNC(=O)OC(C)(C)C)C1=O. The van der Waals surface area contributed by atoms with E-state index in [0.29, 0.717) is 32.4 Å². The quantitative estimate of drug-likeness (QED) is 0.572. The van der Waals surface area contributed by atoms with Crippen molar-refractivity contribution in [2.75, 3.05) is 13.1 Å². The van der Waals surface area contributed by atoms with Gasteiger partial charge in [-0.1, -0.05) is 6.92 Å². The molecule has 1 rings (SSSR count). The molecule has 0 aromatic rings. The first-order chi connectivity index (χ1) is 9.70. The molecule has 0 spiro atoms. The minimum absolute atomic E-state index is 0.00752. The van der Waals surface area contributed by atoms with E-state index < -0.39 is 17.7 Å². The smallest absolute Gasteiger partial charge is 0.407 e. The van der Waals surface area contributed by atoms with Crippen LogP contribution in [0.4, 0.5) is 4.79 Å². The van der Waals surface area contributed by atoms with E-state index in [1.165, 1.54) is 0 Å². The topological polar surface area (TPSA) is 84.5 Å². The van der Waals surface area contributed by atoms with E-state index in [1.807, 2.05) is 6.92 Å². The van der Waals surface area contributed by atoms with Crippen molar-refractivity contribution >= 4 is 17.7 Å². The average molecular weight is 298 g/mol. The van der Waals surface area contributed by atoms with Crippen LogP contribution in [0.25, 0.3) is 0 Å². The van der Waals surface area contributed by atoms with Gasteiger partial charge in [-0.05, 0) is 33.6 Å². The third-order valence-corrected chi connectivity index (χ3v) is 3.24. The van der Waals surface area contributed by atoms with Gasteiger partial charge in [0.1, 0.15) is 11.6 Å². The molecule has 0 aromatic carbocycles. The molecule has 1 unspecified atom stereocenters. The Morgan fingerprint density at radius 2 is 2.00 bits per heavy atom. The molecule has 1 saturated heterocycles. The van der Waals surface area contributed by atoms with Crippen molar-refractivity contribution in [1.82, 2.24) is 10.6 Å². The normalized spacial score (nSPS) is 22.2. The van der Waals surface area contributed by atoms with E-state index >= 15 is 0 Å². The number of amides is 1. The standard InChI is InChI=1S/C15H26N2O4/c1-10-9-17-12(13(10)19)11(18)7-5-6-8-16-14(20)21-15(2,3)4/h10,12,17H,5-9H2,1-4H3,(H,16,20)/t10?,12-/m0/s1. The Morgan fingerprint density at radius 1 is 1.33 bits per heavy atom. The molecule has 21 heavy (non-hydrogen) atoms. The second-order valence-electron chi connectivity index (χ2n) is 6.50. The zero-order chi connectivity index (χ0) is 16.0. The summed E-state index contributed by atoms with van der Waals surface area (Å²) < 4.78 is 5.10. The highest BCUT2D eigenvalue weighted by Crippen LogP contribution is 2.12. The molecule has 2 atom stereocenters. The number of carbonyl (C=O) groups is 3. The van der Waals surface area contributed by atoms with Crippen molar-refractivity contribution in [2.24, 2.45) is 5.92 Å². The summed E-state index contributed by atoms with van der Waals surface area (Å²) in [7, 11) is 0. The molecule has 1 aliphatic rings. The number of hydrogen-bond acceptors (Lipinski definition) is 5. The Hall–Kier alpha value is -1.43. The minimum Gasteiger partial charge on any atom is -0.444 e. The van der Waals surface area contributed by atoms with E-state index in [0.717, 1.165) is 0 Å². The van der Waals surface area contributed by atoms with Gasteiger partial charge in [-0.15, -0.1) is 0 Å². The van der Waals surface area contributed by atoms with Gasteiger partial charge in [0.15, 0.2) is 11.6 Å². The Balaban J connectivity index is 2.13. The van der Waals surface area contributed by atoms with Crippen LogP contribution in [0, 0.1) is 5.92 Å². The van der Waals surface area contributed by atoms with E-state index in [2.05, 4.69) is 10.6 Å². The number of Topliss-reactive ketones (excluding diaryl/α,β-unsaturated/α-hetero) is 2. The molecule has 6 nitrogen and oxygen atoms in total. The molecule has 1 fully saturated rings. The van der Waals surface area contributed by atoms with Gasteiger partial charge in [-0.3, -0.25) is 9.59 Å². The summed E-state index contributed by atoms with van der Waals surface area (Å²) >= 11 is 0. The summed E-state index contributed by atoms with van der Waals surface area (Å²) in [5.74, 6) is -0.138. The maximum absolute atomic E-state index is 11.9. The molecule has 1 aliphatic heterocycles. The Kier molecular flexibility index (Phi) is 6.33. The summed E-state index contributed by atoms with van der Waals surface area (Å²) in [6, 6.07) is -0.626. The lowest BCUT2D eigenvalue weighted by Gasteiger charge is -2.19. The molecular weight excluding hydrogens is 272 g/mol. The number of nitrogens with one attached hydrogen (secondary N) is 2. The first-order valence-corrected chi connectivity index (χ1v) is 7.47. The molecule has 0 saturated carbocycles. The highest BCUT2D eigenvalue weighted by Gasteiger charge is 2.34. The van der Waals surface area contributed by atoms with Crippen molar-refractivity contribution in [2.45, 2.75) is 58.6 Å². The maximum atomic E-state index is 11.9. The summed E-state index contributed by atoms with van der Waals surface area (Å²) in [6.45, 7) is 8.28. The van der Waals surface area contributed by atoms with Crippen LogP contribution in [-0.2, 0) is 14.3 Å². The van der Waals surface area contributed by atoms with Crippen LogP contribution in [0.1, 0.15) is 47.0 Å². The number of ether oxygens (including phenoxy) is 1. The minimum atomic E-state index is -0.626.